The van der Waals surface area contributed by atoms with Gasteiger partial charge < -0.3 is 0 Å². The van der Waals surface area contributed by atoms with Crippen molar-refractivity contribution >= 4 is 11.7 Å². The number of hydrogen-bond donors (Lipinski definition) is 0. The smallest absolute Gasteiger partial charge is 0.225 e. The van der Waals surface area contributed by atoms with Crippen LogP contribution in [0.2, 0.25) is 0 Å². The fourth-order valence-electron chi connectivity index (χ4n) is 3.88. The molecule has 0 bridgehead atoms. The second-order valence-corrected chi connectivity index (χ2v) is 6.83. The Kier molecular flexibility index (Phi) is 5.29. The molecular formula is C21H26N2O. The Morgan fingerprint density at radius 2 is 1.83 bits per heavy atom. The van der Waals surface area contributed by atoms with E-state index in [4.69, 9.17) is 0 Å². The van der Waals surface area contributed by atoms with Crippen LogP contribution in [0.15, 0.2) is 48.7 Å². The van der Waals surface area contributed by atoms with Gasteiger partial charge >= 0.3 is 0 Å². The number of anilines is 1. The van der Waals surface area contributed by atoms with Crippen LogP contribution < -0.4 is 4.90 Å². The molecule has 1 heterocycles. The van der Waals surface area contributed by atoms with E-state index in [0.717, 1.165) is 11.4 Å². The molecule has 0 N–H and O–H groups in total. The molecule has 1 aliphatic carbocycles. The minimum absolute atomic E-state index is 0.0625. The molecule has 24 heavy (non-hydrogen) atoms. The first-order chi connectivity index (χ1) is 11.7. The average Bonchev–Trinajstić information content (AvgIpc) is 2.60. The molecule has 2 aromatic rings. The van der Waals surface area contributed by atoms with E-state index in [0.29, 0.717) is 5.92 Å². The van der Waals surface area contributed by atoms with E-state index in [1.54, 1.807) is 13.1 Å². The Hall–Kier alpha value is -2.16. The van der Waals surface area contributed by atoms with Crippen molar-refractivity contribution < 1.29 is 4.79 Å². The predicted octanol–water partition coefficient (Wildman–Crippen LogP) is 5.06. The van der Waals surface area contributed by atoms with Crippen molar-refractivity contribution in [1.29, 1.82) is 0 Å². The van der Waals surface area contributed by atoms with Gasteiger partial charge in [0, 0.05) is 13.1 Å². The highest BCUT2D eigenvalue weighted by molar-refractivity contribution is 5.91. The zero-order valence-electron chi connectivity index (χ0n) is 14.6. The minimum atomic E-state index is 0.0625. The molecule has 1 aromatic carbocycles. The first-order valence-corrected chi connectivity index (χ1v) is 8.94. The summed E-state index contributed by atoms with van der Waals surface area (Å²) in [6, 6.07) is 14.5. The number of hydrogen-bond acceptors (Lipinski definition) is 2. The molecule has 0 aliphatic heterocycles. The molecular weight excluding hydrogens is 296 g/mol. The van der Waals surface area contributed by atoms with Crippen LogP contribution >= 0.6 is 0 Å². The molecule has 1 aliphatic rings. The van der Waals surface area contributed by atoms with E-state index < -0.39 is 0 Å². The fourth-order valence-corrected chi connectivity index (χ4v) is 3.88. The summed E-state index contributed by atoms with van der Waals surface area (Å²) in [7, 11) is 0. The van der Waals surface area contributed by atoms with Gasteiger partial charge in [0.15, 0.2) is 0 Å². The number of pyridine rings is 1. The van der Waals surface area contributed by atoms with Gasteiger partial charge in [-0.1, -0.05) is 49.6 Å². The lowest BCUT2D eigenvalue weighted by Crippen LogP contribution is -2.38. The monoisotopic (exact) mass is 322 g/mol. The van der Waals surface area contributed by atoms with Crippen LogP contribution in [0.1, 0.15) is 56.2 Å². The van der Waals surface area contributed by atoms with Crippen LogP contribution in [0.5, 0.6) is 0 Å². The zero-order chi connectivity index (χ0) is 16.9. The number of benzene rings is 1. The van der Waals surface area contributed by atoms with Crippen LogP contribution in [-0.2, 0) is 4.79 Å². The molecule has 0 saturated heterocycles. The lowest BCUT2D eigenvalue weighted by molar-refractivity contribution is -0.117. The van der Waals surface area contributed by atoms with E-state index in [1.807, 2.05) is 30.0 Å². The number of rotatable bonds is 4. The quantitative estimate of drug-likeness (QED) is 0.788. The van der Waals surface area contributed by atoms with Crippen molar-refractivity contribution in [3.8, 4) is 0 Å². The molecule has 1 amide bonds. The van der Waals surface area contributed by atoms with E-state index in [9.17, 15) is 4.79 Å². The molecule has 1 unspecified atom stereocenters. The van der Waals surface area contributed by atoms with Crippen LogP contribution in [-0.4, -0.2) is 10.9 Å². The van der Waals surface area contributed by atoms with Crippen molar-refractivity contribution in [2.24, 2.45) is 5.92 Å². The lowest BCUT2D eigenvalue weighted by atomic mass is 9.80. The summed E-state index contributed by atoms with van der Waals surface area (Å²) in [6.45, 7) is 3.70. The number of aryl methyl sites for hydroxylation is 1. The van der Waals surface area contributed by atoms with E-state index >= 15 is 0 Å². The summed E-state index contributed by atoms with van der Waals surface area (Å²) in [6.07, 6.45) is 7.95. The van der Waals surface area contributed by atoms with Gasteiger partial charge in [-0.25, -0.2) is 4.98 Å². The molecule has 0 spiro atoms. The summed E-state index contributed by atoms with van der Waals surface area (Å²) >= 11 is 0. The van der Waals surface area contributed by atoms with Crippen LogP contribution in [0.4, 0.5) is 5.82 Å². The topological polar surface area (TPSA) is 33.2 Å². The van der Waals surface area contributed by atoms with Gasteiger partial charge in [-0.2, -0.15) is 0 Å². The van der Waals surface area contributed by atoms with Crippen molar-refractivity contribution in [2.75, 3.05) is 4.90 Å². The molecule has 1 aromatic heterocycles. The molecule has 1 saturated carbocycles. The highest BCUT2D eigenvalue weighted by Gasteiger charge is 2.33. The van der Waals surface area contributed by atoms with Crippen molar-refractivity contribution in [2.45, 2.75) is 52.0 Å². The van der Waals surface area contributed by atoms with Crippen molar-refractivity contribution in [1.82, 2.24) is 4.98 Å². The highest BCUT2D eigenvalue weighted by Crippen LogP contribution is 2.40. The zero-order valence-corrected chi connectivity index (χ0v) is 14.6. The molecule has 1 fully saturated rings. The third-order valence-electron chi connectivity index (χ3n) is 5.00. The summed E-state index contributed by atoms with van der Waals surface area (Å²) < 4.78 is 0. The van der Waals surface area contributed by atoms with Gasteiger partial charge in [0.05, 0.1) is 6.04 Å². The number of carbonyl (C=O) groups is 1. The first kappa shape index (κ1) is 16.7. The van der Waals surface area contributed by atoms with E-state index in [1.165, 1.54) is 37.7 Å². The number of aromatic nitrogens is 1. The maximum atomic E-state index is 12.6. The SMILES string of the molecule is CC(=O)N(c1cc(C)ccn1)C(c1ccccc1)C1CCCCC1. The minimum Gasteiger partial charge on any atom is -0.289 e. The Labute approximate surface area is 144 Å². The van der Waals surface area contributed by atoms with E-state index in [2.05, 4.69) is 29.2 Å². The number of amides is 1. The average molecular weight is 322 g/mol. The van der Waals surface area contributed by atoms with Gasteiger partial charge in [-0.05, 0) is 48.9 Å². The summed E-state index contributed by atoms with van der Waals surface area (Å²) in [5.74, 6) is 1.32. The molecule has 3 nitrogen and oxygen atoms in total. The first-order valence-electron chi connectivity index (χ1n) is 8.94. The van der Waals surface area contributed by atoms with Crippen LogP contribution in [0.25, 0.3) is 0 Å². The third-order valence-corrected chi connectivity index (χ3v) is 5.00. The highest BCUT2D eigenvalue weighted by atomic mass is 16.2. The second kappa shape index (κ2) is 7.61. The standard InChI is InChI=1S/C21H26N2O/c1-16-13-14-22-20(15-16)23(17(2)24)21(18-9-5-3-6-10-18)19-11-7-4-8-12-19/h3,5-6,9-10,13-15,19,21H,4,7-8,11-12H2,1-2H3. The number of carbonyl (C=O) groups excluding carboxylic acids is 1. The summed E-state index contributed by atoms with van der Waals surface area (Å²) in [5.41, 5.74) is 2.34. The Morgan fingerprint density at radius 1 is 1.12 bits per heavy atom. The predicted molar refractivity (Wildman–Crippen MR) is 97.9 cm³/mol. The molecule has 0 radical (unpaired) electrons. The Balaban J connectivity index is 2.05. The van der Waals surface area contributed by atoms with Crippen molar-refractivity contribution in [3.63, 3.8) is 0 Å². The van der Waals surface area contributed by atoms with Gasteiger partial charge in [-0.15, -0.1) is 0 Å². The number of nitrogens with zero attached hydrogens (tertiary/aromatic N) is 2. The second-order valence-electron chi connectivity index (χ2n) is 6.83. The summed E-state index contributed by atoms with van der Waals surface area (Å²) in [5, 5.41) is 0. The fraction of sp³-hybridized carbons (Fsp3) is 0.429. The largest absolute Gasteiger partial charge is 0.289 e. The maximum Gasteiger partial charge on any atom is 0.225 e. The van der Waals surface area contributed by atoms with Gasteiger partial charge in [0.1, 0.15) is 5.82 Å². The third kappa shape index (κ3) is 3.66. The van der Waals surface area contributed by atoms with Gasteiger partial charge in [0.25, 0.3) is 0 Å². The normalized spacial score (nSPS) is 16.6. The Bertz CT molecular complexity index is 677. The molecule has 1 atom stereocenters. The van der Waals surface area contributed by atoms with Crippen LogP contribution in [0.3, 0.4) is 0 Å². The Morgan fingerprint density at radius 3 is 2.46 bits per heavy atom. The summed E-state index contributed by atoms with van der Waals surface area (Å²) in [4.78, 5) is 19.0. The molecule has 3 rings (SSSR count). The lowest BCUT2D eigenvalue weighted by Gasteiger charge is -2.38. The van der Waals surface area contributed by atoms with Gasteiger partial charge in [0.2, 0.25) is 5.91 Å². The van der Waals surface area contributed by atoms with E-state index in [-0.39, 0.29) is 11.9 Å². The van der Waals surface area contributed by atoms with Crippen LogP contribution in [0, 0.1) is 12.8 Å². The van der Waals surface area contributed by atoms with Crippen molar-refractivity contribution in [3.05, 3.63) is 59.8 Å². The molecule has 126 valence electrons. The molecule has 3 heteroatoms. The maximum absolute atomic E-state index is 12.6. The van der Waals surface area contributed by atoms with Gasteiger partial charge in [-0.3, -0.25) is 9.69 Å².